The van der Waals surface area contributed by atoms with Gasteiger partial charge in [-0.15, -0.1) is 0 Å². The summed E-state index contributed by atoms with van der Waals surface area (Å²) in [4.78, 5) is 0. The predicted molar refractivity (Wildman–Crippen MR) is 71.3 cm³/mol. The highest BCUT2D eigenvalue weighted by Crippen LogP contribution is 2.29. The smallest absolute Gasteiger partial charge is 0.228 e. The zero-order valence-corrected chi connectivity index (χ0v) is 11.0. The Hall–Kier alpha value is -1.60. The molecule has 3 N–H and O–H groups in total. The maximum absolute atomic E-state index is 9.88. The first-order chi connectivity index (χ1) is 9.58. The number of hydrogen-bond acceptors (Lipinski definition) is 5. The molecular weight excluding hydrogens is 262 g/mol. The summed E-state index contributed by atoms with van der Waals surface area (Å²) in [5, 5.41) is 29.8. The van der Waals surface area contributed by atoms with Crippen molar-refractivity contribution in [3.05, 3.63) is 30.5 Å². The highest BCUT2D eigenvalue weighted by molar-refractivity contribution is 5.86. The number of ether oxygens (including phenoxy) is 2. The second kappa shape index (κ2) is 5.06. The third-order valence-electron chi connectivity index (χ3n) is 3.56. The summed E-state index contributed by atoms with van der Waals surface area (Å²) in [6, 6.07) is 7.69. The molecule has 1 unspecified atom stereocenters. The van der Waals surface area contributed by atoms with Crippen LogP contribution in [0.1, 0.15) is 0 Å². The minimum atomic E-state index is -1.29. The van der Waals surface area contributed by atoms with Crippen molar-refractivity contribution in [2.24, 2.45) is 7.05 Å². The topological polar surface area (TPSA) is 84.1 Å². The summed E-state index contributed by atoms with van der Waals surface area (Å²) < 4.78 is 12.8. The molecule has 0 spiro atoms. The van der Waals surface area contributed by atoms with Crippen molar-refractivity contribution in [2.45, 2.75) is 24.6 Å². The van der Waals surface area contributed by atoms with E-state index >= 15 is 0 Å². The lowest BCUT2D eigenvalue weighted by Crippen LogP contribution is -2.54. The number of aromatic nitrogens is 1. The summed E-state index contributed by atoms with van der Waals surface area (Å²) in [5.74, 6) is 0.565. The standard InChI is InChI=1S/C14H17NO5/c1-15-6-11(8-4-2-3-5-9(8)15)20-14-13(18)12(17)10(16)7-19-14/h2-6,10,12-14,16-18H,7H2,1H3/t10-,12+,13?,14-/m1/s1. The number of aliphatic hydroxyl groups is 3. The number of aliphatic hydroxyl groups excluding tert-OH is 3. The molecule has 6 heteroatoms. The maximum atomic E-state index is 9.88. The summed E-state index contributed by atoms with van der Waals surface area (Å²) in [6.45, 7) is -0.0757. The van der Waals surface area contributed by atoms with Crippen LogP contribution < -0.4 is 4.74 Å². The van der Waals surface area contributed by atoms with Gasteiger partial charge < -0.3 is 29.4 Å². The molecule has 1 saturated heterocycles. The van der Waals surface area contributed by atoms with Gasteiger partial charge in [0.05, 0.1) is 12.1 Å². The Kier molecular flexibility index (Phi) is 3.39. The summed E-state index contributed by atoms with van der Waals surface area (Å²) in [7, 11) is 1.89. The van der Waals surface area contributed by atoms with Crippen molar-refractivity contribution >= 4 is 10.9 Å². The quantitative estimate of drug-likeness (QED) is 0.720. The highest BCUT2D eigenvalue weighted by Gasteiger charge is 2.39. The molecule has 0 bridgehead atoms. The molecule has 0 aliphatic carbocycles. The van der Waals surface area contributed by atoms with Gasteiger partial charge in [0.25, 0.3) is 0 Å². The SMILES string of the molecule is Cn1cc(O[C@H]2OC[C@@H](O)[C@H](O)C2O)c2ccccc21. The average molecular weight is 279 g/mol. The molecule has 1 aliphatic rings. The third kappa shape index (κ3) is 2.16. The molecule has 1 aromatic heterocycles. The number of fused-ring (bicyclic) bond motifs is 1. The van der Waals surface area contributed by atoms with Crippen LogP contribution in [-0.4, -0.2) is 51.1 Å². The first kappa shape index (κ1) is 13.4. The molecular formula is C14H17NO5. The number of benzene rings is 1. The zero-order valence-electron chi connectivity index (χ0n) is 11.0. The molecule has 1 fully saturated rings. The van der Waals surface area contributed by atoms with Crippen LogP contribution in [0.5, 0.6) is 5.75 Å². The number of hydrogen-bond donors (Lipinski definition) is 3. The Morgan fingerprint density at radius 2 is 1.95 bits per heavy atom. The Labute approximate surface area is 115 Å². The molecule has 108 valence electrons. The van der Waals surface area contributed by atoms with Crippen molar-refractivity contribution < 1.29 is 24.8 Å². The molecule has 0 amide bonds. The zero-order chi connectivity index (χ0) is 14.3. The van der Waals surface area contributed by atoms with Crippen LogP contribution >= 0.6 is 0 Å². The van der Waals surface area contributed by atoms with Gasteiger partial charge in [-0.1, -0.05) is 12.1 Å². The van der Waals surface area contributed by atoms with Crippen LogP contribution in [0.25, 0.3) is 10.9 Å². The van der Waals surface area contributed by atoms with Crippen LogP contribution in [0.2, 0.25) is 0 Å². The van der Waals surface area contributed by atoms with E-state index in [4.69, 9.17) is 9.47 Å². The number of para-hydroxylation sites is 1. The molecule has 20 heavy (non-hydrogen) atoms. The van der Waals surface area contributed by atoms with E-state index < -0.39 is 24.6 Å². The van der Waals surface area contributed by atoms with Gasteiger partial charge in [-0.3, -0.25) is 0 Å². The minimum absolute atomic E-state index is 0.0757. The largest absolute Gasteiger partial charge is 0.460 e. The molecule has 6 nitrogen and oxygen atoms in total. The molecule has 0 saturated carbocycles. The second-order valence-electron chi connectivity index (χ2n) is 4.99. The molecule has 3 rings (SSSR count). The third-order valence-corrected chi connectivity index (χ3v) is 3.56. The van der Waals surface area contributed by atoms with Gasteiger partial charge in [0.1, 0.15) is 24.1 Å². The summed E-state index contributed by atoms with van der Waals surface area (Å²) in [6.07, 6.45) is -2.88. The lowest BCUT2D eigenvalue weighted by atomic mass is 10.1. The summed E-state index contributed by atoms with van der Waals surface area (Å²) in [5.41, 5.74) is 0.994. The number of rotatable bonds is 2. The molecule has 0 radical (unpaired) electrons. The van der Waals surface area contributed by atoms with E-state index in [1.807, 2.05) is 35.9 Å². The number of aryl methyl sites for hydroxylation is 1. The van der Waals surface area contributed by atoms with E-state index in [1.54, 1.807) is 6.20 Å². The van der Waals surface area contributed by atoms with Crippen LogP contribution in [-0.2, 0) is 11.8 Å². The van der Waals surface area contributed by atoms with Crippen molar-refractivity contribution in [3.63, 3.8) is 0 Å². The van der Waals surface area contributed by atoms with Gasteiger partial charge in [-0.05, 0) is 12.1 Å². The minimum Gasteiger partial charge on any atom is -0.460 e. The molecule has 1 aromatic carbocycles. The van der Waals surface area contributed by atoms with E-state index in [1.165, 1.54) is 0 Å². The molecule has 2 aromatic rings. The van der Waals surface area contributed by atoms with Gasteiger partial charge in [-0.25, -0.2) is 0 Å². The van der Waals surface area contributed by atoms with Gasteiger partial charge in [0.2, 0.25) is 6.29 Å². The van der Waals surface area contributed by atoms with E-state index in [-0.39, 0.29) is 6.61 Å². The van der Waals surface area contributed by atoms with Crippen LogP contribution in [0.3, 0.4) is 0 Å². The first-order valence-electron chi connectivity index (χ1n) is 6.44. The van der Waals surface area contributed by atoms with E-state index in [2.05, 4.69) is 0 Å². The highest BCUT2D eigenvalue weighted by atomic mass is 16.7. The fourth-order valence-electron chi connectivity index (χ4n) is 2.41. The molecule has 4 atom stereocenters. The van der Waals surface area contributed by atoms with Crippen LogP contribution in [0, 0.1) is 0 Å². The second-order valence-corrected chi connectivity index (χ2v) is 4.99. The Morgan fingerprint density at radius 3 is 2.75 bits per heavy atom. The average Bonchev–Trinajstić information content (AvgIpc) is 2.77. The molecule has 2 heterocycles. The normalized spacial score (nSPS) is 30.6. The van der Waals surface area contributed by atoms with E-state index in [9.17, 15) is 15.3 Å². The van der Waals surface area contributed by atoms with Crippen molar-refractivity contribution in [3.8, 4) is 5.75 Å². The van der Waals surface area contributed by atoms with E-state index in [0.29, 0.717) is 5.75 Å². The Morgan fingerprint density at radius 1 is 1.20 bits per heavy atom. The first-order valence-corrected chi connectivity index (χ1v) is 6.44. The fraction of sp³-hybridized carbons (Fsp3) is 0.429. The lowest BCUT2D eigenvalue weighted by molar-refractivity contribution is -0.241. The van der Waals surface area contributed by atoms with Crippen LogP contribution in [0.4, 0.5) is 0 Å². The van der Waals surface area contributed by atoms with Crippen LogP contribution in [0.15, 0.2) is 30.5 Å². The van der Waals surface area contributed by atoms with Gasteiger partial charge in [0, 0.05) is 18.6 Å². The maximum Gasteiger partial charge on any atom is 0.228 e. The monoisotopic (exact) mass is 279 g/mol. The van der Waals surface area contributed by atoms with Gasteiger partial charge in [-0.2, -0.15) is 0 Å². The van der Waals surface area contributed by atoms with Crippen molar-refractivity contribution in [1.29, 1.82) is 0 Å². The number of nitrogens with zero attached hydrogens (tertiary/aromatic N) is 1. The predicted octanol–water partition coefficient (Wildman–Crippen LogP) is -0.00390. The van der Waals surface area contributed by atoms with Crippen molar-refractivity contribution in [2.75, 3.05) is 6.61 Å². The van der Waals surface area contributed by atoms with Crippen molar-refractivity contribution in [1.82, 2.24) is 4.57 Å². The molecule has 1 aliphatic heterocycles. The fourth-order valence-corrected chi connectivity index (χ4v) is 2.41. The van der Waals surface area contributed by atoms with Gasteiger partial charge in [0.15, 0.2) is 0 Å². The Bertz CT molecular complexity index is 611. The summed E-state index contributed by atoms with van der Waals surface area (Å²) >= 11 is 0. The Balaban J connectivity index is 1.86. The lowest BCUT2D eigenvalue weighted by Gasteiger charge is -2.34. The van der Waals surface area contributed by atoms with Gasteiger partial charge >= 0.3 is 0 Å². The van der Waals surface area contributed by atoms with E-state index in [0.717, 1.165) is 10.9 Å².